The first-order valence-corrected chi connectivity index (χ1v) is 7.04. The summed E-state index contributed by atoms with van der Waals surface area (Å²) < 4.78 is 23.8. The number of carbonyl (C=O) groups excluding carboxylic acids is 1. The van der Waals surface area contributed by atoms with Crippen molar-refractivity contribution in [3.05, 3.63) is 53.7 Å². The lowest BCUT2D eigenvalue weighted by Gasteiger charge is -2.25. The van der Waals surface area contributed by atoms with Gasteiger partial charge in [0.15, 0.2) is 0 Å². The van der Waals surface area contributed by atoms with Crippen molar-refractivity contribution in [1.82, 2.24) is 5.32 Å². The van der Waals surface area contributed by atoms with Crippen molar-refractivity contribution in [1.29, 1.82) is 0 Å². The second kappa shape index (κ2) is 6.19. The van der Waals surface area contributed by atoms with Gasteiger partial charge in [0.2, 0.25) is 5.91 Å². The number of rotatable bonds is 4. The zero-order valence-corrected chi connectivity index (χ0v) is 11.8. The minimum Gasteiger partial charge on any atom is -0.492 e. The van der Waals surface area contributed by atoms with E-state index >= 15 is 0 Å². The fourth-order valence-corrected chi connectivity index (χ4v) is 2.45. The second-order valence-corrected chi connectivity index (χ2v) is 5.24. The third kappa shape index (κ3) is 3.12. The maximum Gasteiger partial charge on any atom is 0.226 e. The molecule has 0 saturated heterocycles. The van der Waals surface area contributed by atoms with E-state index < -0.39 is 12.0 Å². The largest absolute Gasteiger partial charge is 0.492 e. The average molecular weight is 305 g/mol. The molecule has 0 saturated carbocycles. The van der Waals surface area contributed by atoms with E-state index in [0.717, 1.165) is 0 Å². The number of amides is 1. The van der Waals surface area contributed by atoms with Crippen LogP contribution in [0, 0.1) is 11.7 Å². The van der Waals surface area contributed by atoms with Gasteiger partial charge in [0.05, 0.1) is 18.7 Å². The molecule has 1 aliphatic rings. The fraction of sp³-hybridized carbons (Fsp3) is 0.312. The van der Waals surface area contributed by atoms with Gasteiger partial charge >= 0.3 is 0 Å². The van der Waals surface area contributed by atoms with Crippen LogP contribution in [0.15, 0.2) is 41.0 Å². The Morgan fingerprint density at radius 2 is 2.32 bits per heavy atom. The summed E-state index contributed by atoms with van der Waals surface area (Å²) in [5.41, 5.74) is 0.679. The molecule has 0 radical (unpaired) electrons. The van der Waals surface area contributed by atoms with E-state index in [0.29, 0.717) is 23.5 Å². The van der Waals surface area contributed by atoms with Crippen LogP contribution in [0.2, 0.25) is 0 Å². The number of benzene rings is 1. The zero-order valence-electron chi connectivity index (χ0n) is 11.8. The summed E-state index contributed by atoms with van der Waals surface area (Å²) >= 11 is 0. The molecule has 1 aromatic carbocycles. The Balaban J connectivity index is 1.57. The molecule has 2 aromatic rings. The van der Waals surface area contributed by atoms with Crippen LogP contribution in [-0.2, 0) is 11.2 Å². The molecule has 1 aromatic heterocycles. The quantitative estimate of drug-likeness (QED) is 0.904. The number of halogens is 1. The third-order valence-corrected chi connectivity index (χ3v) is 3.64. The number of furan rings is 1. The van der Waals surface area contributed by atoms with E-state index in [1.54, 1.807) is 18.2 Å². The van der Waals surface area contributed by atoms with E-state index in [-0.39, 0.29) is 24.9 Å². The topological polar surface area (TPSA) is 71.7 Å². The van der Waals surface area contributed by atoms with Crippen molar-refractivity contribution in [3.8, 4) is 5.75 Å². The molecule has 2 unspecified atom stereocenters. The van der Waals surface area contributed by atoms with Crippen molar-refractivity contribution >= 4 is 5.91 Å². The Bertz CT molecular complexity index is 656. The number of hydrogen-bond donors (Lipinski definition) is 2. The van der Waals surface area contributed by atoms with Gasteiger partial charge in [-0.2, -0.15) is 0 Å². The first-order chi connectivity index (χ1) is 10.6. The van der Waals surface area contributed by atoms with Crippen LogP contribution in [-0.4, -0.2) is 24.2 Å². The SMILES string of the molecule is O=C(NCC(O)c1ccco1)C1COc2ccc(F)cc2C1. The Morgan fingerprint density at radius 3 is 3.09 bits per heavy atom. The third-order valence-electron chi connectivity index (χ3n) is 3.64. The predicted octanol–water partition coefficient (Wildman–Crippen LogP) is 1.82. The molecule has 2 heterocycles. The van der Waals surface area contributed by atoms with Gasteiger partial charge in [0.25, 0.3) is 0 Å². The number of carbonyl (C=O) groups is 1. The van der Waals surface area contributed by atoms with Gasteiger partial charge in [0, 0.05) is 0 Å². The number of aliphatic hydroxyl groups is 1. The first-order valence-electron chi connectivity index (χ1n) is 7.04. The maximum atomic E-state index is 13.2. The molecule has 6 heteroatoms. The van der Waals surface area contributed by atoms with Gasteiger partial charge < -0.3 is 19.6 Å². The molecule has 3 rings (SSSR count). The fourth-order valence-electron chi connectivity index (χ4n) is 2.45. The van der Waals surface area contributed by atoms with Gasteiger partial charge in [0.1, 0.15) is 30.0 Å². The van der Waals surface area contributed by atoms with Crippen LogP contribution in [0.1, 0.15) is 17.4 Å². The molecule has 1 amide bonds. The van der Waals surface area contributed by atoms with E-state index in [2.05, 4.69) is 5.32 Å². The van der Waals surface area contributed by atoms with Crippen LogP contribution in [0.3, 0.4) is 0 Å². The van der Waals surface area contributed by atoms with Gasteiger partial charge in [-0.3, -0.25) is 4.79 Å². The Morgan fingerprint density at radius 1 is 1.45 bits per heavy atom. The van der Waals surface area contributed by atoms with Gasteiger partial charge in [-0.05, 0) is 42.3 Å². The van der Waals surface area contributed by atoms with Crippen molar-refractivity contribution < 1.29 is 23.4 Å². The Labute approximate surface area is 126 Å². The number of ether oxygens (including phenoxy) is 1. The molecular formula is C16H16FNO4. The number of fused-ring (bicyclic) bond motifs is 1. The predicted molar refractivity (Wildman–Crippen MR) is 75.8 cm³/mol. The van der Waals surface area contributed by atoms with Crippen LogP contribution in [0.25, 0.3) is 0 Å². The summed E-state index contributed by atoms with van der Waals surface area (Å²) in [6.45, 7) is 0.292. The minimum atomic E-state index is -0.895. The molecule has 0 aliphatic carbocycles. The molecular weight excluding hydrogens is 289 g/mol. The standard InChI is InChI=1S/C16H16FNO4/c17-12-3-4-14-10(7-12)6-11(9-22-14)16(20)18-8-13(19)15-2-1-5-21-15/h1-5,7,11,13,19H,6,8-9H2,(H,18,20). The summed E-state index contributed by atoms with van der Waals surface area (Å²) in [6, 6.07) is 7.59. The number of nitrogens with one attached hydrogen (secondary N) is 1. The maximum absolute atomic E-state index is 13.2. The van der Waals surface area contributed by atoms with Gasteiger partial charge in [-0.15, -0.1) is 0 Å². The lowest BCUT2D eigenvalue weighted by molar-refractivity contribution is -0.126. The molecule has 0 fully saturated rings. The van der Waals surface area contributed by atoms with E-state index in [1.807, 2.05) is 0 Å². The highest BCUT2D eigenvalue weighted by atomic mass is 19.1. The van der Waals surface area contributed by atoms with Crippen molar-refractivity contribution in [2.24, 2.45) is 5.92 Å². The zero-order chi connectivity index (χ0) is 15.5. The van der Waals surface area contributed by atoms with E-state index in [9.17, 15) is 14.3 Å². The van der Waals surface area contributed by atoms with Crippen LogP contribution in [0.4, 0.5) is 4.39 Å². The van der Waals surface area contributed by atoms with Crippen molar-refractivity contribution in [2.75, 3.05) is 13.2 Å². The molecule has 2 N–H and O–H groups in total. The van der Waals surface area contributed by atoms with Crippen molar-refractivity contribution in [2.45, 2.75) is 12.5 Å². The Kier molecular flexibility index (Phi) is 4.11. The normalized spacial score (nSPS) is 18.2. The molecule has 22 heavy (non-hydrogen) atoms. The smallest absolute Gasteiger partial charge is 0.226 e. The summed E-state index contributed by atoms with van der Waals surface area (Å²) in [7, 11) is 0. The van der Waals surface area contributed by atoms with Crippen LogP contribution in [0.5, 0.6) is 5.75 Å². The van der Waals surface area contributed by atoms with E-state index in [4.69, 9.17) is 9.15 Å². The molecule has 1 aliphatic heterocycles. The number of aliphatic hydroxyl groups excluding tert-OH is 1. The molecule has 5 nitrogen and oxygen atoms in total. The molecule has 0 bridgehead atoms. The monoisotopic (exact) mass is 305 g/mol. The van der Waals surface area contributed by atoms with Crippen LogP contribution >= 0.6 is 0 Å². The summed E-state index contributed by atoms with van der Waals surface area (Å²) in [4.78, 5) is 12.1. The highest BCUT2D eigenvalue weighted by Gasteiger charge is 2.26. The number of hydrogen-bond acceptors (Lipinski definition) is 4. The summed E-state index contributed by atoms with van der Waals surface area (Å²) in [5, 5.41) is 12.5. The Hall–Kier alpha value is -2.34. The van der Waals surface area contributed by atoms with E-state index in [1.165, 1.54) is 18.4 Å². The summed E-state index contributed by atoms with van der Waals surface area (Å²) in [5.74, 6) is 0.0175. The minimum absolute atomic E-state index is 0.0544. The van der Waals surface area contributed by atoms with Gasteiger partial charge in [-0.25, -0.2) is 4.39 Å². The van der Waals surface area contributed by atoms with Crippen molar-refractivity contribution in [3.63, 3.8) is 0 Å². The summed E-state index contributed by atoms with van der Waals surface area (Å²) in [6.07, 6.45) is 0.976. The average Bonchev–Trinajstić information content (AvgIpc) is 3.06. The highest BCUT2D eigenvalue weighted by Crippen LogP contribution is 2.28. The first kappa shape index (κ1) is 14.6. The lowest BCUT2D eigenvalue weighted by Crippen LogP contribution is -2.39. The van der Waals surface area contributed by atoms with Gasteiger partial charge in [-0.1, -0.05) is 0 Å². The molecule has 2 atom stereocenters. The lowest BCUT2D eigenvalue weighted by atomic mass is 9.96. The van der Waals surface area contributed by atoms with Crippen LogP contribution < -0.4 is 10.1 Å². The molecule has 0 spiro atoms. The second-order valence-electron chi connectivity index (χ2n) is 5.24. The molecule has 116 valence electrons. The highest BCUT2D eigenvalue weighted by molar-refractivity contribution is 5.79.